The minimum Gasteiger partial charge on any atom is -0.244 e. The van der Waals surface area contributed by atoms with E-state index in [0.29, 0.717) is 10.0 Å². The third-order valence-corrected chi connectivity index (χ3v) is 5.28. The zero-order chi connectivity index (χ0) is 13.4. The first-order valence-electron chi connectivity index (χ1n) is 5.61. The molecule has 0 saturated carbocycles. The molecule has 0 radical (unpaired) electrons. The van der Waals surface area contributed by atoms with Gasteiger partial charge < -0.3 is 0 Å². The molecule has 0 spiro atoms. The van der Waals surface area contributed by atoms with E-state index in [9.17, 15) is 0 Å². The molecule has 0 unspecified atom stereocenters. The molecule has 3 aromatic rings. The van der Waals surface area contributed by atoms with Crippen molar-refractivity contribution >= 4 is 45.9 Å². The van der Waals surface area contributed by atoms with Crippen molar-refractivity contribution in [3.8, 4) is 20.3 Å². The first-order chi connectivity index (χ1) is 9.11. The molecule has 2 aromatic heterocycles. The zero-order valence-electron chi connectivity index (χ0n) is 9.98. The van der Waals surface area contributed by atoms with Crippen molar-refractivity contribution in [2.75, 3.05) is 0 Å². The fourth-order valence-electron chi connectivity index (χ4n) is 1.77. The van der Waals surface area contributed by atoms with Crippen LogP contribution in [0.25, 0.3) is 20.3 Å². The van der Waals surface area contributed by atoms with Gasteiger partial charge in [0, 0.05) is 31.6 Å². The van der Waals surface area contributed by atoms with E-state index in [2.05, 4.69) is 24.0 Å². The lowest BCUT2D eigenvalue weighted by Gasteiger charge is -1.98. The quantitative estimate of drug-likeness (QED) is 0.550. The van der Waals surface area contributed by atoms with Crippen LogP contribution in [-0.4, -0.2) is 4.98 Å². The van der Waals surface area contributed by atoms with Gasteiger partial charge in [-0.3, -0.25) is 0 Å². The van der Waals surface area contributed by atoms with Crippen molar-refractivity contribution in [3.05, 3.63) is 51.5 Å². The van der Waals surface area contributed by atoms with Gasteiger partial charge in [0.05, 0.1) is 4.88 Å². The van der Waals surface area contributed by atoms with E-state index in [0.717, 1.165) is 10.6 Å². The van der Waals surface area contributed by atoms with Crippen LogP contribution in [0.15, 0.2) is 36.5 Å². The average molecular weight is 326 g/mol. The fraction of sp³-hybridized carbons (Fsp3) is 0.0714. The van der Waals surface area contributed by atoms with E-state index in [1.807, 2.05) is 18.3 Å². The Hall–Kier alpha value is -0.870. The minimum absolute atomic E-state index is 0.631. The lowest BCUT2D eigenvalue weighted by Crippen LogP contribution is -1.75. The number of aryl methyl sites for hydroxylation is 1. The molecule has 1 aromatic carbocycles. The molecule has 0 aliphatic heterocycles. The van der Waals surface area contributed by atoms with Crippen LogP contribution in [0, 0.1) is 6.92 Å². The molecule has 0 amide bonds. The van der Waals surface area contributed by atoms with E-state index in [1.54, 1.807) is 28.7 Å². The number of thiophene rings is 1. The third-order valence-electron chi connectivity index (χ3n) is 2.60. The number of hydrogen-bond donors (Lipinski definition) is 0. The SMILES string of the molecule is Cc1ccc(-c2cnc(-c3cc(Cl)cc(Cl)c3)s2)s1. The first-order valence-corrected chi connectivity index (χ1v) is 8.00. The molecule has 0 N–H and O–H groups in total. The van der Waals surface area contributed by atoms with Crippen LogP contribution in [0.5, 0.6) is 0 Å². The second-order valence-corrected chi connectivity index (χ2v) is 7.29. The molecular weight excluding hydrogens is 317 g/mol. The number of benzene rings is 1. The first kappa shape index (κ1) is 13.1. The molecule has 1 nitrogen and oxygen atoms in total. The summed E-state index contributed by atoms with van der Waals surface area (Å²) in [7, 11) is 0. The number of thiazole rings is 1. The molecule has 5 heteroatoms. The molecule has 19 heavy (non-hydrogen) atoms. The summed E-state index contributed by atoms with van der Waals surface area (Å²) in [5, 5.41) is 2.20. The summed E-state index contributed by atoms with van der Waals surface area (Å²) >= 11 is 15.5. The Bertz CT molecular complexity index is 710. The Balaban J connectivity index is 2.01. The largest absolute Gasteiger partial charge is 0.244 e. The summed E-state index contributed by atoms with van der Waals surface area (Å²) in [6, 6.07) is 9.74. The molecular formula is C14H9Cl2NS2. The van der Waals surface area contributed by atoms with Crippen LogP contribution in [0.3, 0.4) is 0 Å². The van der Waals surface area contributed by atoms with Crippen molar-refractivity contribution < 1.29 is 0 Å². The monoisotopic (exact) mass is 325 g/mol. The van der Waals surface area contributed by atoms with Gasteiger partial charge in [-0.1, -0.05) is 23.2 Å². The molecule has 96 valence electrons. The highest BCUT2D eigenvalue weighted by Crippen LogP contribution is 2.37. The Kier molecular flexibility index (Phi) is 3.63. The van der Waals surface area contributed by atoms with Crippen LogP contribution >= 0.6 is 45.9 Å². The van der Waals surface area contributed by atoms with Gasteiger partial charge in [-0.05, 0) is 37.3 Å². The predicted molar refractivity (Wildman–Crippen MR) is 85.6 cm³/mol. The van der Waals surface area contributed by atoms with Gasteiger partial charge in [0.25, 0.3) is 0 Å². The maximum atomic E-state index is 6.02. The number of hydrogen-bond acceptors (Lipinski definition) is 3. The summed E-state index contributed by atoms with van der Waals surface area (Å²) in [5.41, 5.74) is 0.960. The zero-order valence-corrected chi connectivity index (χ0v) is 13.1. The average Bonchev–Trinajstić information content (AvgIpc) is 2.95. The van der Waals surface area contributed by atoms with Crippen molar-refractivity contribution in [1.82, 2.24) is 4.98 Å². The highest BCUT2D eigenvalue weighted by atomic mass is 35.5. The van der Waals surface area contributed by atoms with Crippen LogP contribution < -0.4 is 0 Å². The van der Waals surface area contributed by atoms with E-state index < -0.39 is 0 Å². The lowest BCUT2D eigenvalue weighted by molar-refractivity contribution is 1.41. The molecule has 0 bridgehead atoms. The summed E-state index contributed by atoms with van der Waals surface area (Å²) < 4.78 is 0. The Morgan fingerprint density at radius 2 is 1.68 bits per heavy atom. The van der Waals surface area contributed by atoms with E-state index >= 15 is 0 Å². The number of nitrogens with zero attached hydrogens (tertiary/aromatic N) is 1. The summed E-state index contributed by atoms with van der Waals surface area (Å²) in [5.74, 6) is 0. The minimum atomic E-state index is 0.631. The second-order valence-electron chi connectivity index (χ2n) is 4.10. The van der Waals surface area contributed by atoms with E-state index in [-0.39, 0.29) is 0 Å². The third kappa shape index (κ3) is 2.84. The molecule has 0 fully saturated rings. The van der Waals surface area contributed by atoms with Crippen molar-refractivity contribution in [2.24, 2.45) is 0 Å². The van der Waals surface area contributed by atoms with Gasteiger partial charge in [-0.25, -0.2) is 4.98 Å². The van der Waals surface area contributed by atoms with Gasteiger partial charge in [0.2, 0.25) is 0 Å². The van der Waals surface area contributed by atoms with Crippen LogP contribution in [0.2, 0.25) is 10.0 Å². The van der Waals surface area contributed by atoms with Crippen LogP contribution in [-0.2, 0) is 0 Å². The number of rotatable bonds is 2. The summed E-state index contributed by atoms with van der Waals surface area (Å²) in [6.07, 6.45) is 1.90. The maximum absolute atomic E-state index is 6.02. The Morgan fingerprint density at radius 1 is 0.947 bits per heavy atom. The topological polar surface area (TPSA) is 12.9 Å². The summed E-state index contributed by atoms with van der Waals surface area (Å²) in [6.45, 7) is 2.10. The number of halogens is 2. The molecule has 0 aliphatic carbocycles. The maximum Gasteiger partial charge on any atom is 0.124 e. The fourth-order valence-corrected chi connectivity index (χ4v) is 4.14. The normalized spacial score (nSPS) is 10.9. The predicted octanol–water partition coefficient (Wildman–Crippen LogP) is 6.15. The van der Waals surface area contributed by atoms with Crippen molar-refractivity contribution in [3.63, 3.8) is 0 Å². The lowest BCUT2D eigenvalue weighted by atomic mass is 10.2. The summed E-state index contributed by atoms with van der Waals surface area (Å²) in [4.78, 5) is 8.18. The van der Waals surface area contributed by atoms with Crippen molar-refractivity contribution in [1.29, 1.82) is 0 Å². The number of aromatic nitrogens is 1. The van der Waals surface area contributed by atoms with Gasteiger partial charge in [-0.2, -0.15) is 0 Å². The van der Waals surface area contributed by atoms with Gasteiger partial charge >= 0.3 is 0 Å². The molecule has 0 aliphatic rings. The standard InChI is InChI=1S/C14H9Cl2NS2/c1-8-2-3-12(18-8)13-7-17-14(19-13)9-4-10(15)6-11(16)5-9/h2-7H,1H3. The van der Waals surface area contributed by atoms with Gasteiger partial charge in [0.15, 0.2) is 0 Å². The van der Waals surface area contributed by atoms with Crippen molar-refractivity contribution in [2.45, 2.75) is 6.92 Å². The van der Waals surface area contributed by atoms with E-state index in [1.165, 1.54) is 14.6 Å². The molecule has 3 rings (SSSR count). The van der Waals surface area contributed by atoms with Gasteiger partial charge in [-0.15, -0.1) is 22.7 Å². The molecule has 2 heterocycles. The Morgan fingerprint density at radius 3 is 2.32 bits per heavy atom. The van der Waals surface area contributed by atoms with Gasteiger partial charge in [0.1, 0.15) is 5.01 Å². The van der Waals surface area contributed by atoms with Crippen LogP contribution in [0.1, 0.15) is 4.88 Å². The van der Waals surface area contributed by atoms with Crippen LogP contribution in [0.4, 0.5) is 0 Å². The molecule has 0 atom stereocenters. The second kappa shape index (κ2) is 5.25. The smallest absolute Gasteiger partial charge is 0.124 e. The van der Waals surface area contributed by atoms with E-state index in [4.69, 9.17) is 23.2 Å². The molecule has 0 saturated heterocycles. The highest BCUT2D eigenvalue weighted by Gasteiger charge is 2.09. The highest BCUT2D eigenvalue weighted by molar-refractivity contribution is 7.23. The Labute approximate surface area is 129 Å².